The number of hydrogen-bond acceptors (Lipinski definition) is 1. The molecule has 0 atom stereocenters. The first-order valence-electron chi connectivity index (χ1n) is 15.4. The Morgan fingerprint density at radius 2 is 0.800 bits per heavy atom. The van der Waals surface area contributed by atoms with Crippen molar-refractivity contribution in [3.8, 4) is 0 Å². The van der Waals surface area contributed by atoms with E-state index in [-0.39, 0.29) is 0 Å². The summed E-state index contributed by atoms with van der Waals surface area (Å²) < 4.78 is 11.2. The molecule has 3 nitrogen and oxygen atoms in total. The van der Waals surface area contributed by atoms with E-state index < -0.39 is 0 Å². The largest absolute Gasteiger partial charge is 0.456 e. The molecule has 12 aromatic rings. The number of furan rings is 1. The van der Waals surface area contributed by atoms with Crippen molar-refractivity contribution >= 4 is 98.1 Å². The molecule has 0 aliphatic heterocycles. The van der Waals surface area contributed by atoms with Crippen LogP contribution in [0.3, 0.4) is 0 Å². The first kappa shape index (κ1) is 23.4. The van der Waals surface area contributed by atoms with Crippen molar-refractivity contribution in [1.29, 1.82) is 0 Å². The number of rotatable bonds is 0. The van der Waals surface area contributed by atoms with Crippen LogP contribution in [-0.2, 0) is 0 Å². The van der Waals surface area contributed by atoms with Crippen LogP contribution >= 0.6 is 0 Å². The molecular weight excluding hydrogens is 548 g/mol. The zero-order valence-corrected chi connectivity index (χ0v) is 24.2. The summed E-state index contributed by atoms with van der Waals surface area (Å²) in [7, 11) is 0. The van der Waals surface area contributed by atoms with Gasteiger partial charge in [-0.3, -0.25) is 0 Å². The van der Waals surface area contributed by atoms with Crippen LogP contribution in [0.2, 0.25) is 0 Å². The van der Waals surface area contributed by atoms with Gasteiger partial charge in [-0.2, -0.15) is 0 Å². The monoisotopic (exact) mass is 572 g/mol. The Balaban J connectivity index is 1.50. The van der Waals surface area contributed by atoms with E-state index in [1.807, 2.05) is 0 Å². The van der Waals surface area contributed by atoms with Crippen LogP contribution in [0.4, 0.5) is 0 Å². The molecule has 0 saturated carbocycles. The number of aromatic nitrogens is 2. The Bertz CT molecular complexity index is 2890. The van der Waals surface area contributed by atoms with Gasteiger partial charge in [-0.1, -0.05) is 72.8 Å². The van der Waals surface area contributed by atoms with E-state index >= 15 is 0 Å². The molecule has 0 fully saturated rings. The fourth-order valence-corrected chi connectivity index (χ4v) is 7.86. The number of para-hydroxylation sites is 2. The van der Waals surface area contributed by atoms with Crippen molar-refractivity contribution in [3.63, 3.8) is 0 Å². The standard InChI is InChI=1S/C42H24N2O/c1-3-13-35-31(11-1)41-37-17-18-38-42(41)32-12-2-4-14-36(32)44(38)30-10-6-8-26(22-30)28-16-20-40-34(24-28)33-23-27(15-19-39(33)45-40)25-7-5-9-29(21-25)43(35)37/h1-24H. The first-order valence-corrected chi connectivity index (χ1v) is 15.4. The third kappa shape index (κ3) is 3.04. The minimum atomic E-state index is 0.907. The second kappa shape index (κ2) is 8.31. The van der Waals surface area contributed by atoms with Gasteiger partial charge in [-0.15, -0.1) is 0 Å². The van der Waals surface area contributed by atoms with Crippen molar-refractivity contribution in [2.75, 3.05) is 0 Å². The molecule has 0 spiro atoms. The maximum Gasteiger partial charge on any atom is 0.135 e. The molecule has 0 unspecified atom stereocenters. The van der Waals surface area contributed by atoms with Gasteiger partial charge in [0.2, 0.25) is 0 Å². The Kier molecular flexibility index (Phi) is 4.32. The van der Waals surface area contributed by atoms with Crippen LogP contribution in [0.5, 0.6) is 0 Å². The van der Waals surface area contributed by atoms with Gasteiger partial charge in [0.1, 0.15) is 11.2 Å². The van der Waals surface area contributed by atoms with Gasteiger partial charge in [0.15, 0.2) is 0 Å². The zero-order chi connectivity index (χ0) is 29.2. The summed E-state index contributed by atoms with van der Waals surface area (Å²) in [5.74, 6) is 0. The Morgan fingerprint density at radius 1 is 0.333 bits per heavy atom. The van der Waals surface area contributed by atoms with Gasteiger partial charge in [-0.25, -0.2) is 0 Å². The van der Waals surface area contributed by atoms with Gasteiger partial charge in [0, 0.05) is 43.4 Å². The lowest BCUT2D eigenvalue weighted by Crippen LogP contribution is -1.86. The van der Waals surface area contributed by atoms with Gasteiger partial charge >= 0.3 is 0 Å². The average Bonchev–Trinajstić information content (AvgIpc) is 3.75. The zero-order valence-electron chi connectivity index (χ0n) is 24.2. The quantitative estimate of drug-likeness (QED) is 0.177. The van der Waals surface area contributed by atoms with Crippen molar-refractivity contribution < 1.29 is 4.42 Å². The minimum Gasteiger partial charge on any atom is -0.456 e. The lowest BCUT2D eigenvalue weighted by atomic mass is 10.1. The molecule has 14 bridgehead atoms. The van der Waals surface area contributed by atoms with E-state index in [0.29, 0.717) is 0 Å². The molecule has 0 amide bonds. The normalized spacial score (nSPS) is 12.4. The lowest BCUT2D eigenvalue weighted by Gasteiger charge is -2.03. The molecule has 0 saturated heterocycles. The van der Waals surface area contributed by atoms with E-state index in [1.54, 1.807) is 0 Å². The van der Waals surface area contributed by atoms with Crippen molar-refractivity contribution in [2.45, 2.75) is 0 Å². The summed E-state index contributed by atoms with van der Waals surface area (Å²) >= 11 is 0. The summed E-state index contributed by atoms with van der Waals surface area (Å²) in [4.78, 5) is 0. The molecule has 12 rings (SSSR count). The summed E-state index contributed by atoms with van der Waals surface area (Å²) in [6.45, 7) is 0. The Hall–Kier alpha value is -6.06. The molecule has 5 aromatic heterocycles. The Morgan fingerprint density at radius 3 is 1.31 bits per heavy atom. The van der Waals surface area contributed by atoms with E-state index in [0.717, 1.165) is 33.0 Å². The number of nitrogens with zero attached hydrogens (tertiary/aromatic N) is 2. The number of hydrogen-bond donors (Lipinski definition) is 0. The van der Waals surface area contributed by atoms with Crippen molar-refractivity contribution in [1.82, 2.24) is 8.80 Å². The van der Waals surface area contributed by atoms with Gasteiger partial charge < -0.3 is 13.2 Å². The molecule has 0 aliphatic rings. The highest BCUT2D eigenvalue weighted by Crippen LogP contribution is 2.40. The van der Waals surface area contributed by atoms with E-state index in [4.69, 9.17) is 4.42 Å². The van der Waals surface area contributed by atoms with Gasteiger partial charge in [0.25, 0.3) is 0 Å². The molecular formula is C42H24N2O. The number of fused-ring (bicyclic) bond motifs is 3. The van der Waals surface area contributed by atoms with E-state index in [1.165, 1.54) is 65.2 Å². The maximum atomic E-state index is 6.32. The van der Waals surface area contributed by atoms with Crippen molar-refractivity contribution in [2.24, 2.45) is 0 Å². The van der Waals surface area contributed by atoms with Crippen LogP contribution < -0.4 is 0 Å². The molecule has 5 heterocycles. The molecule has 45 heavy (non-hydrogen) atoms. The highest BCUT2D eigenvalue weighted by molar-refractivity contribution is 6.28. The van der Waals surface area contributed by atoms with Crippen LogP contribution in [0, 0.1) is 0 Å². The van der Waals surface area contributed by atoms with Crippen LogP contribution in [0.15, 0.2) is 150 Å². The topological polar surface area (TPSA) is 22.0 Å². The third-order valence-corrected chi connectivity index (χ3v) is 9.82. The maximum absolute atomic E-state index is 6.32. The summed E-state index contributed by atoms with van der Waals surface area (Å²) in [6, 6.07) is 53.3. The minimum absolute atomic E-state index is 0.907. The highest BCUT2D eigenvalue weighted by Gasteiger charge is 2.17. The molecule has 3 heteroatoms. The van der Waals surface area contributed by atoms with Crippen LogP contribution in [0.25, 0.3) is 98.1 Å². The number of benzene rings is 7. The van der Waals surface area contributed by atoms with E-state index in [2.05, 4.69) is 154 Å². The summed E-state index contributed by atoms with van der Waals surface area (Å²) in [5, 5.41) is 12.1. The molecule has 0 aliphatic carbocycles. The predicted molar refractivity (Wildman–Crippen MR) is 189 cm³/mol. The lowest BCUT2D eigenvalue weighted by molar-refractivity contribution is 0.669. The summed E-state index contributed by atoms with van der Waals surface area (Å²) in [6.07, 6.45) is 0. The van der Waals surface area contributed by atoms with E-state index in [9.17, 15) is 0 Å². The van der Waals surface area contributed by atoms with Crippen molar-refractivity contribution in [3.05, 3.63) is 146 Å². The van der Waals surface area contributed by atoms with Gasteiger partial charge in [0.05, 0.1) is 22.1 Å². The third-order valence-electron chi connectivity index (χ3n) is 9.82. The fourth-order valence-electron chi connectivity index (χ4n) is 7.86. The van der Waals surface area contributed by atoms with Crippen LogP contribution in [0.1, 0.15) is 0 Å². The molecule has 0 radical (unpaired) electrons. The molecule has 208 valence electrons. The highest BCUT2D eigenvalue weighted by atomic mass is 16.3. The SMILES string of the molecule is c1ccc2c(c1)c1c3c4ccccc4n4c5cccc(c5)c5ccc6oc7ccc(cc7c6c5)c5cccc(c5)n2c1ccc34. The fraction of sp³-hybridized carbons (Fsp3) is 0. The smallest absolute Gasteiger partial charge is 0.135 e. The first-order chi connectivity index (χ1) is 22.3. The molecule has 7 aromatic carbocycles. The average molecular weight is 573 g/mol. The van der Waals surface area contributed by atoms with Crippen LogP contribution in [-0.4, -0.2) is 8.80 Å². The molecule has 0 N–H and O–H groups in total. The van der Waals surface area contributed by atoms with Gasteiger partial charge in [-0.05, 0) is 94.3 Å². The predicted octanol–water partition coefficient (Wildman–Crippen LogP) is 11.6. The second-order valence-electron chi connectivity index (χ2n) is 12.2. The second-order valence-corrected chi connectivity index (χ2v) is 12.2. The Labute approximate surface area is 256 Å². The summed E-state index contributed by atoms with van der Waals surface area (Å²) in [5.41, 5.74) is 8.94.